The van der Waals surface area contributed by atoms with Crippen LogP contribution in [0.15, 0.2) is 18.2 Å². The molecular formula is C13H16ClNO3. The molecule has 0 radical (unpaired) electrons. The van der Waals surface area contributed by atoms with E-state index in [1.165, 1.54) is 0 Å². The highest BCUT2D eigenvalue weighted by Crippen LogP contribution is 2.23. The second kappa shape index (κ2) is 5.59. The first-order valence-electron chi connectivity index (χ1n) is 5.89. The molecule has 0 aromatic heterocycles. The molecule has 1 heterocycles. The highest BCUT2D eigenvalue weighted by atomic mass is 35.5. The van der Waals surface area contributed by atoms with Crippen molar-refractivity contribution in [3.8, 4) is 5.75 Å². The Bertz CT molecular complexity index is 450. The molecule has 0 bridgehead atoms. The lowest BCUT2D eigenvalue weighted by Gasteiger charge is -2.32. The maximum absolute atomic E-state index is 12.3. The molecule has 18 heavy (non-hydrogen) atoms. The van der Waals surface area contributed by atoms with E-state index in [4.69, 9.17) is 16.3 Å². The zero-order chi connectivity index (χ0) is 13.1. The standard InChI is InChI=1S/C13H16ClNO3/c1-9-3-2-4-11(12(9)16)13(17)15-5-6-18-10(7-14)8-15/h2-4,10,16H,5-8H2,1H3. The van der Waals surface area contributed by atoms with Crippen molar-refractivity contribution in [3.63, 3.8) is 0 Å². The minimum atomic E-state index is -0.172. The number of rotatable bonds is 2. The van der Waals surface area contributed by atoms with Gasteiger partial charge in [-0.25, -0.2) is 0 Å². The van der Waals surface area contributed by atoms with E-state index in [9.17, 15) is 9.90 Å². The summed E-state index contributed by atoms with van der Waals surface area (Å²) < 4.78 is 5.41. The van der Waals surface area contributed by atoms with Gasteiger partial charge >= 0.3 is 0 Å². The Morgan fingerprint density at radius 2 is 2.39 bits per heavy atom. The molecule has 1 N–H and O–H groups in total. The number of hydrogen-bond acceptors (Lipinski definition) is 3. The molecule has 0 saturated carbocycles. The summed E-state index contributed by atoms with van der Waals surface area (Å²) >= 11 is 5.74. The molecule has 4 nitrogen and oxygen atoms in total. The first-order chi connectivity index (χ1) is 8.63. The van der Waals surface area contributed by atoms with Crippen molar-refractivity contribution in [2.45, 2.75) is 13.0 Å². The van der Waals surface area contributed by atoms with Gasteiger partial charge in [0.1, 0.15) is 5.75 Å². The molecule has 0 aliphatic carbocycles. The van der Waals surface area contributed by atoms with Crippen LogP contribution in [0.1, 0.15) is 15.9 Å². The van der Waals surface area contributed by atoms with E-state index in [1.54, 1.807) is 30.0 Å². The van der Waals surface area contributed by atoms with Crippen LogP contribution in [0.4, 0.5) is 0 Å². The van der Waals surface area contributed by atoms with E-state index in [1.807, 2.05) is 0 Å². The van der Waals surface area contributed by atoms with E-state index in [0.717, 1.165) is 0 Å². The number of hydrogen-bond donors (Lipinski definition) is 1. The summed E-state index contributed by atoms with van der Waals surface area (Å²) in [6.45, 7) is 3.25. The molecule has 1 aromatic rings. The van der Waals surface area contributed by atoms with Crippen LogP contribution in [0.2, 0.25) is 0 Å². The summed E-state index contributed by atoms with van der Waals surface area (Å²) in [5.74, 6) is 0.245. The minimum Gasteiger partial charge on any atom is -0.507 e. The van der Waals surface area contributed by atoms with Crippen molar-refractivity contribution in [3.05, 3.63) is 29.3 Å². The summed E-state index contributed by atoms with van der Waals surface area (Å²) in [4.78, 5) is 14.0. The maximum Gasteiger partial charge on any atom is 0.257 e. The van der Waals surface area contributed by atoms with Gasteiger partial charge < -0.3 is 14.7 Å². The second-order valence-corrected chi connectivity index (χ2v) is 4.68. The molecule has 1 aliphatic heterocycles. The topological polar surface area (TPSA) is 49.8 Å². The first-order valence-corrected chi connectivity index (χ1v) is 6.42. The zero-order valence-corrected chi connectivity index (χ0v) is 11.0. The summed E-state index contributed by atoms with van der Waals surface area (Å²) in [6, 6.07) is 5.17. The van der Waals surface area contributed by atoms with Gasteiger partial charge in [-0.05, 0) is 18.6 Å². The third-order valence-corrected chi connectivity index (χ3v) is 3.41. The van der Waals surface area contributed by atoms with Gasteiger partial charge in [0.2, 0.25) is 0 Å². The summed E-state index contributed by atoms with van der Waals surface area (Å²) in [7, 11) is 0. The molecule has 0 spiro atoms. The molecule has 1 aromatic carbocycles. The Kier molecular flexibility index (Phi) is 4.09. The lowest BCUT2D eigenvalue weighted by molar-refractivity contribution is -0.0109. The molecular weight excluding hydrogens is 254 g/mol. The number of aryl methyl sites for hydroxylation is 1. The van der Waals surface area contributed by atoms with Gasteiger partial charge in [0.15, 0.2) is 0 Å². The van der Waals surface area contributed by atoms with Crippen LogP contribution in [0.3, 0.4) is 0 Å². The third-order valence-electron chi connectivity index (χ3n) is 3.07. The maximum atomic E-state index is 12.3. The summed E-state index contributed by atoms with van der Waals surface area (Å²) in [5, 5.41) is 9.92. The highest BCUT2D eigenvalue weighted by Gasteiger charge is 2.26. The number of carbonyl (C=O) groups is 1. The van der Waals surface area contributed by atoms with Crippen LogP contribution < -0.4 is 0 Å². The number of benzene rings is 1. The van der Waals surface area contributed by atoms with Crippen LogP contribution in [0.5, 0.6) is 5.75 Å². The molecule has 1 aliphatic rings. The number of phenolic OH excluding ortho intramolecular Hbond substituents is 1. The number of carbonyl (C=O) groups excluding carboxylic acids is 1. The average molecular weight is 270 g/mol. The van der Waals surface area contributed by atoms with Gasteiger partial charge in [0.05, 0.1) is 24.2 Å². The van der Waals surface area contributed by atoms with Gasteiger partial charge in [-0.2, -0.15) is 0 Å². The summed E-state index contributed by atoms with van der Waals surface area (Å²) in [5.41, 5.74) is 1.04. The molecule has 98 valence electrons. The third kappa shape index (κ3) is 2.60. The SMILES string of the molecule is Cc1cccc(C(=O)N2CCOC(CCl)C2)c1O. The predicted octanol–water partition coefficient (Wildman–Crippen LogP) is 1.78. The second-order valence-electron chi connectivity index (χ2n) is 4.37. The van der Waals surface area contributed by atoms with E-state index < -0.39 is 0 Å². The molecule has 5 heteroatoms. The Morgan fingerprint density at radius 1 is 1.61 bits per heavy atom. The van der Waals surface area contributed by atoms with Crippen molar-refractivity contribution in [1.29, 1.82) is 0 Å². The van der Waals surface area contributed by atoms with Crippen molar-refractivity contribution in [2.75, 3.05) is 25.6 Å². The van der Waals surface area contributed by atoms with Gasteiger partial charge in [-0.1, -0.05) is 12.1 Å². The van der Waals surface area contributed by atoms with Crippen LogP contribution in [0, 0.1) is 6.92 Å². The van der Waals surface area contributed by atoms with Gasteiger partial charge in [0, 0.05) is 13.1 Å². The largest absolute Gasteiger partial charge is 0.507 e. The Balaban J connectivity index is 2.18. The minimum absolute atomic E-state index is 0.0522. The number of nitrogens with zero attached hydrogens (tertiary/aromatic N) is 1. The molecule has 1 unspecified atom stereocenters. The number of ether oxygens (including phenoxy) is 1. The van der Waals surface area contributed by atoms with E-state index in [-0.39, 0.29) is 17.8 Å². The highest BCUT2D eigenvalue weighted by molar-refractivity contribution is 6.18. The number of alkyl halides is 1. The number of aromatic hydroxyl groups is 1. The van der Waals surface area contributed by atoms with Crippen LogP contribution in [0.25, 0.3) is 0 Å². The molecule has 1 atom stereocenters. The Morgan fingerprint density at radius 3 is 3.11 bits per heavy atom. The number of morpholine rings is 1. The number of para-hydroxylation sites is 1. The van der Waals surface area contributed by atoms with Crippen LogP contribution in [-0.4, -0.2) is 47.6 Å². The fraction of sp³-hybridized carbons (Fsp3) is 0.462. The zero-order valence-electron chi connectivity index (χ0n) is 10.2. The first kappa shape index (κ1) is 13.2. The van der Waals surface area contributed by atoms with E-state index >= 15 is 0 Å². The Hall–Kier alpha value is -1.26. The molecule has 1 saturated heterocycles. The Labute approximate surface area is 111 Å². The van der Waals surface area contributed by atoms with Gasteiger partial charge in [-0.15, -0.1) is 11.6 Å². The number of phenols is 1. The van der Waals surface area contributed by atoms with Crippen molar-refractivity contribution < 1.29 is 14.6 Å². The van der Waals surface area contributed by atoms with Gasteiger partial charge in [0.25, 0.3) is 5.91 Å². The van der Waals surface area contributed by atoms with E-state index in [2.05, 4.69) is 0 Å². The van der Waals surface area contributed by atoms with Crippen molar-refractivity contribution >= 4 is 17.5 Å². The quantitative estimate of drug-likeness (QED) is 0.833. The van der Waals surface area contributed by atoms with Crippen LogP contribution in [-0.2, 0) is 4.74 Å². The fourth-order valence-corrected chi connectivity index (χ4v) is 2.19. The monoisotopic (exact) mass is 269 g/mol. The lowest BCUT2D eigenvalue weighted by atomic mass is 10.1. The molecule has 1 fully saturated rings. The van der Waals surface area contributed by atoms with Gasteiger partial charge in [-0.3, -0.25) is 4.79 Å². The molecule has 2 rings (SSSR count). The van der Waals surface area contributed by atoms with E-state index in [0.29, 0.717) is 36.7 Å². The number of amides is 1. The molecule has 1 amide bonds. The predicted molar refractivity (Wildman–Crippen MR) is 69.2 cm³/mol. The van der Waals surface area contributed by atoms with Crippen molar-refractivity contribution in [1.82, 2.24) is 4.90 Å². The normalized spacial score (nSPS) is 19.9. The lowest BCUT2D eigenvalue weighted by Crippen LogP contribution is -2.46. The average Bonchev–Trinajstić information content (AvgIpc) is 2.41. The number of halogens is 1. The fourth-order valence-electron chi connectivity index (χ4n) is 2.00. The summed E-state index contributed by atoms with van der Waals surface area (Å²) in [6.07, 6.45) is -0.128. The van der Waals surface area contributed by atoms with Crippen molar-refractivity contribution in [2.24, 2.45) is 0 Å². The smallest absolute Gasteiger partial charge is 0.257 e. The van der Waals surface area contributed by atoms with Crippen LogP contribution >= 0.6 is 11.6 Å².